The van der Waals surface area contributed by atoms with Crippen molar-refractivity contribution in [1.82, 2.24) is 0 Å². The third-order valence-corrected chi connectivity index (χ3v) is 11.4. The van der Waals surface area contributed by atoms with Gasteiger partial charge in [-0.05, 0) is 119 Å². The zero-order valence-corrected chi connectivity index (χ0v) is 41.1. The highest BCUT2D eigenvalue weighted by atomic mass is 19.4. The van der Waals surface area contributed by atoms with Crippen LogP contribution in [0.2, 0.25) is 0 Å². The van der Waals surface area contributed by atoms with Crippen molar-refractivity contribution < 1.29 is 83.5 Å². The molecule has 71 heavy (non-hydrogen) atoms. The highest BCUT2D eigenvalue weighted by molar-refractivity contribution is 5.88. The number of ether oxygens (including phenoxy) is 6. The standard InChI is InChI=1S/C16H30O2.C14H24O2.C10H15F3O4.C8H9F3O4.5CH4/c1-5-15(3,4)14(17)18-16(6-2)12-10-8-7-9-11-13-16;1-4-14(16-13(15)12(2)3)10-8-6-5-7-9-11-14;1-4-9(2,3)8(15)16-5-7(14)17-6-10(11,12)13;1-5(2)7(13)14-3-6(12)15-4-8(9,10)11;;;;;/h5-13H2,1-4H3;2,4-11H2,1,3H3;4-6H2,1-3H3;1,3-4H2,2H3;5*1H4. The molecule has 0 saturated heterocycles. The van der Waals surface area contributed by atoms with Crippen molar-refractivity contribution >= 4 is 35.8 Å². The van der Waals surface area contributed by atoms with Crippen molar-refractivity contribution in [1.29, 1.82) is 0 Å². The van der Waals surface area contributed by atoms with Crippen LogP contribution in [0.15, 0.2) is 24.3 Å². The lowest BCUT2D eigenvalue weighted by molar-refractivity contribution is -0.190. The fraction of sp³-hybridized carbons (Fsp3) is 0.811. The van der Waals surface area contributed by atoms with Crippen LogP contribution in [0.5, 0.6) is 0 Å². The van der Waals surface area contributed by atoms with Crippen molar-refractivity contribution in [2.75, 3.05) is 26.4 Å². The maximum Gasteiger partial charge on any atom is 0.422 e. The highest BCUT2D eigenvalue weighted by Crippen LogP contribution is 2.36. The largest absolute Gasteiger partial charge is 0.459 e. The average molecular weight is 1040 g/mol. The smallest absolute Gasteiger partial charge is 0.422 e. The van der Waals surface area contributed by atoms with Crippen LogP contribution in [0.25, 0.3) is 0 Å². The van der Waals surface area contributed by atoms with Gasteiger partial charge in [-0.3, -0.25) is 9.59 Å². The minimum atomic E-state index is -4.59. The van der Waals surface area contributed by atoms with Crippen molar-refractivity contribution in [3.63, 3.8) is 0 Å². The first kappa shape index (κ1) is 81.0. The van der Waals surface area contributed by atoms with Crippen molar-refractivity contribution in [3.05, 3.63) is 24.3 Å². The lowest BCUT2D eigenvalue weighted by Crippen LogP contribution is -2.40. The van der Waals surface area contributed by atoms with Crippen LogP contribution in [-0.2, 0) is 57.2 Å². The molecule has 0 radical (unpaired) electrons. The normalized spacial score (nSPS) is 15.1. The first-order valence-electron chi connectivity index (χ1n) is 22.9. The van der Waals surface area contributed by atoms with E-state index in [0.717, 1.165) is 44.9 Å². The zero-order chi connectivity index (χ0) is 51.4. The first-order chi connectivity index (χ1) is 30.4. The van der Waals surface area contributed by atoms with Crippen molar-refractivity contribution in [2.24, 2.45) is 10.8 Å². The quantitative estimate of drug-likeness (QED) is 0.0624. The predicted molar refractivity (Wildman–Crippen MR) is 270 cm³/mol. The number of carbonyl (C=O) groups excluding carboxylic acids is 6. The van der Waals surface area contributed by atoms with E-state index in [2.05, 4.69) is 52.9 Å². The summed E-state index contributed by atoms with van der Waals surface area (Å²) in [6.07, 6.45) is 10.7. The summed E-state index contributed by atoms with van der Waals surface area (Å²) in [5.74, 6) is -4.22. The molecule has 0 spiro atoms. The summed E-state index contributed by atoms with van der Waals surface area (Å²) in [4.78, 5) is 67.4. The first-order valence-corrected chi connectivity index (χ1v) is 22.9. The van der Waals surface area contributed by atoms with Crippen LogP contribution in [0, 0.1) is 10.8 Å². The molecule has 0 heterocycles. The minimum absolute atomic E-state index is 0. The van der Waals surface area contributed by atoms with Gasteiger partial charge >= 0.3 is 48.2 Å². The molecule has 424 valence electrons. The molecule has 0 aromatic rings. The molecule has 18 heteroatoms. The molecule has 0 unspecified atom stereocenters. The molecular weight excluding hydrogens is 943 g/mol. The molecular formula is C53H98F6O12. The van der Waals surface area contributed by atoms with Gasteiger partial charge in [0.1, 0.15) is 11.2 Å². The van der Waals surface area contributed by atoms with Crippen LogP contribution >= 0.6 is 0 Å². The second-order valence-electron chi connectivity index (χ2n) is 18.1. The van der Waals surface area contributed by atoms with Crippen LogP contribution < -0.4 is 0 Å². The number of carbonyl (C=O) groups is 6. The average Bonchev–Trinajstić information content (AvgIpc) is 3.22. The Morgan fingerprint density at radius 1 is 0.451 bits per heavy atom. The molecule has 2 rings (SSSR count). The maximum absolute atomic E-state index is 12.3. The Balaban J connectivity index is -0.000000151. The SMILES string of the molecule is C.C.C.C.C.C=C(C)C(=O)OC1(CC)CCCCCCC1.C=C(C)C(=O)OCC(=O)OCC(F)(F)F.CCC(C)(C)C(=O)OCC(=O)OCC(F)(F)F.CCC1(OC(=O)C(C)(C)CC)CCCCCCC1. The van der Waals surface area contributed by atoms with E-state index in [-0.39, 0.29) is 71.3 Å². The Labute approximate surface area is 425 Å². The number of halogens is 6. The Hall–Kier alpha value is -4.12. The summed E-state index contributed by atoms with van der Waals surface area (Å²) in [6, 6.07) is 0. The summed E-state index contributed by atoms with van der Waals surface area (Å²) in [7, 11) is 0. The topological polar surface area (TPSA) is 158 Å². The maximum atomic E-state index is 12.3. The summed E-state index contributed by atoms with van der Waals surface area (Å²) in [5, 5.41) is 0. The number of alkyl halides is 6. The van der Waals surface area contributed by atoms with E-state index in [0.29, 0.717) is 12.0 Å². The fourth-order valence-corrected chi connectivity index (χ4v) is 6.04. The van der Waals surface area contributed by atoms with E-state index in [1.165, 1.54) is 71.1 Å². The van der Waals surface area contributed by atoms with Crippen LogP contribution in [0.1, 0.15) is 222 Å². The van der Waals surface area contributed by atoms with E-state index in [1.807, 2.05) is 13.8 Å². The highest BCUT2D eigenvalue weighted by Gasteiger charge is 2.38. The van der Waals surface area contributed by atoms with Gasteiger partial charge < -0.3 is 28.4 Å². The summed E-state index contributed by atoms with van der Waals surface area (Å²) >= 11 is 0. The second kappa shape index (κ2) is 39.4. The number of hydrogen-bond donors (Lipinski definition) is 0. The number of esters is 6. The van der Waals surface area contributed by atoms with Gasteiger partial charge in [-0.2, -0.15) is 26.3 Å². The molecule has 12 nitrogen and oxygen atoms in total. The molecule has 2 aliphatic carbocycles. The number of rotatable bonds is 16. The second-order valence-corrected chi connectivity index (χ2v) is 18.1. The van der Waals surface area contributed by atoms with Crippen molar-refractivity contribution in [2.45, 2.75) is 246 Å². The van der Waals surface area contributed by atoms with E-state index < -0.39 is 68.1 Å². The Morgan fingerprint density at radius 3 is 1.04 bits per heavy atom. The molecule has 0 aromatic heterocycles. The Bertz CT molecular complexity index is 1520. The minimum Gasteiger partial charge on any atom is -0.459 e. The molecule has 2 aliphatic rings. The lowest BCUT2D eigenvalue weighted by atomic mass is 9.83. The summed E-state index contributed by atoms with van der Waals surface area (Å²) in [5.41, 5.74) is -0.955. The van der Waals surface area contributed by atoms with Gasteiger partial charge in [0.05, 0.1) is 10.8 Å². The van der Waals surface area contributed by atoms with Gasteiger partial charge in [-0.25, -0.2) is 19.2 Å². The summed E-state index contributed by atoms with van der Waals surface area (Å²) in [6.45, 7) is 20.2. The molecule has 0 bridgehead atoms. The molecule has 0 aromatic carbocycles. The van der Waals surface area contributed by atoms with Crippen LogP contribution in [0.3, 0.4) is 0 Å². The van der Waals surface area contributed by atoms with E-state index in [1.54, 1.807) is 27.7 Å². The van der Waals surface area contributed by atoms with Gasteiger partial charge in [0.15, 0.2) is 26.4 Å². The molecule has 0 amide bonds. The Morgan fingerprint density at radius 2 is 0.746 bits per heavy atom. The Kier molecular flexibility index (Phi) is 44.9. The van der Waals surface area contributed by atoms with E-state index >= 15 is 0 Å². The molecule has 0 aliphatic heterocycles. The van der Waals surface area contributed by atoms with E-state index in [4.69, 9.17) is 9.47 Å². The molecule has 0 N–H and O–H groups in total. The monoisotopic (exact) mass is 1040 g/mol. The predicted octanol–water partition coefficient (Wildman–Crippen LogP) is 15.3. The fourth-order valence-electron chi connectivity index (χ4n) is 6.04. The van der Waals surface area contributed by atoms with Gasteiger partial charge in [-0.1, -0.05) is 117 Å². The van der Waals surface area contributed by atoms with Gasteiger partial charge in [0, 0.05) is 11.1 Å². The third-order valence-electron chi connectivity index (χ3n) is 11.4. The molecule has 0 atom stereocenters. The summed E-state index contributed by atoms with van der Waals surface area (Å²) < 4.78 is 97.7. The van der Waals surface area contributed by atoms with Gasteiger partial charge in [-0.15, -0.1) is 0 Å². The molecule has 2 fully saturated rings. The molecule has 2 saturated carbocycles. The lowest BCUT2D eigenvalue weighted by Gasteiger charge is -2.37. The van der Waals surface area contributed by atoms with Crippen LogP contribution in [-0.4, -0.2) is 85.8 Å². The van der Waals surface area contributed by atoms with Crippen molar-refractivity contribution in [3.8, 4) is 0 Å². The van der Waals surface area contributed by atoms with Crippen LogP contribution in [0.4, 0.5) is 26.3 Å². The van der Waals surface area contributed by atoms with E-state index in [9.17, 15) is 55.1 Å². The number of hydrogen-bond acceptors (Lipinski definition) is 12. The van der Waals surface area contributed by atoms with Gasteiger partial charge in [0.2, 0.25) is 0 Å². The zero-order valence-electron chi connectivity index (χ0n) is 41.1. The van der Waals surface area contributed by atoms with Gasteiger partial charge in [0.25, 0.3) is 0 Å². The third kappa shape index (κ3) is 38.2.